The zero-order valence-corrected chi connectivity index (χ0v) is 14.1. The molecule has 9 heteroatoms. The summed E-state index contributed by atoms with van der Waals surface area (Å²) >= 11 is 16.6. The third-order valence-corrected chi connectivity index (χ3v) is 3.67. The van der Waals surface area contributed by atoms with Crippen LogP contribution in [0.3, 0.4) is 0 Å². The minimum atomic E-state index is -4.58. The highest BCUT2D eigenvalue weighted by molar-refractivity contribution is 7.80. The van der Waals surface area contributed by atoms with Crippen LogP contribution in [0.25, 0.3) is 0 Å². The topological polar surface area (TPSA) is 41.1 Å². The van der Waals surface area contributed by atoms with E-state index in [0.29, 0.717) is 5.56 Å². The Kier molecular flexibility index (Phi) is 5.69. The molecule has 0 atom stereocenters. The van der Waals surface area contributed by atoms with E-state index in [1.165, 1.54) is 0 Å². The van der Waals surface area contributed by atoms with E-state index in [1.54, 1.807) is 30.3 Å². The molecule has 1 amide bonds. The molecule has 0 aliphatic carbocycles. The van der Waals surface area contributed by atoms with Crippen molar-refractivity contribution in [1.29, 1.82) is 0 Å². The maximum Gasteiger partial charge on any atom is 0.416 e. The van der Waals surface area contributed by atoms with Crippen LogP contribution in [-0.2, 0) is 6.18 Å². The number of anilines is 1. The Bertz CT molecular complexity index is 759. The van der Waals surface area contributed by atoms with Gasteiger partial charge in [0.15, 0.2) is 5.11 Å². The zero-order valence-electron chi connectivity index (χ0n) is 11.7. The molecule has 0 aliphatic heterocycles. The molecule has 0 spiro atoms. The fourth-order valence-corrected chi connectivity index (χ4v) is 2.54. The molecule has 0 saturated heterocycles. The standard InChI is InChI=1S/C15H9Cl2F3N2OS/c16-10-6-9(15(18,19)20)7-11(17)12(10)21-14(24)22-13(23)8-4-2-1-3-5-8/h1-7H,(H2,21,22,23,24). The van der Waals surface area contributed by atoms with Crippen LogP contribution in [0, 0.1) is 0 Å². The summed E-state index contributed by atoms with van der Waals surface area (Å²) in [6.45, 7) is 0. The van der Waals surface area contributed by atoms with Crippen LogP contribution in [0.1, 0.15) is 15.9 Å². The van der Waals surface area contributed by atoms with E-state index in [9.17, 15) is 18.0 Å². The van der Waals surface area contributed by atoms with Crippen molar-refractivity contribution in [3.63, 3.8) is 0 Å². The van der Waals surface area contributed by atoms with Gasteiger partial charge in [-0.25, -0.2) is 0 Å². The predicted octanol–water partition coefficient (Wildman–Crippen LogP) is 5.14. The summed E-state index contributed by atoms with van der Waals surface area (Å²) in [6, 6.07) is 9.69. The maximum atomic E-state index is 12.7. The average molecular weight is 393 g/mol. The molecule has 2 rings (SSSR count). The summed E-state index contributed by atoms with van der Waals surface area (Å²) in [5, 5.41) is 4.22. The van der Waals surface area contributed by atoms with E-state index in [-0.39, 0.29) is 20.8 Å². The molecule has 0 bridgehead atoms. The summed E-state index contributed by atoms with van der Waals surface area (Å²) in [7, 11) is 0. The molecule has 0 aliphatic rings. The number of hydrogen-bond acceptors (Lipinski definition) is 2. The Morgan fingerprint density at radius 1 is 1.04 bits per heavy atom. The smallest absolute Gasteiger partial charge is 0.330 e. The van der Waals surface area contributed by atoms with Crippen LogP contribution in [0.2, 0.25) is 10.0 Å². The van der Waals surface area contributed by atoms with E-state index in [2.05, 4.69) is 10.6 Å². The van der Waals surface area contributed by atoms with Gasteiger partial charge in [-0.15, -0.1) is 0 Å². The van der Waals surface area contributed by atoms with Crippen LogP contribution in [-0.4, -0.2) is 11.0 Å². The van der Waals surface area contributed by atoms with Gasteiger partial charge in [0.2, 0.25) is 0 Å². The number of hydrogen-bond donors (Lipinski definition) is 2. The second-order valence-electron chi connectivity index (χ2n) is 4.59. The van der Waals surface area contributed by atoms with Gasteiger partial charge >= 0.3 is 6.18 Å². The molecule has 0 aromatic heterocycles. The highest BCUT2D eigenvalue weighted by atomic mass is 35.5. The van der Waals surface area contributed by atoms with E-state index in [1.807, 2.05) is 0 Å². The SMILES string of the molecule is O=C(NC(=S)Nc1c(Cl)cc(C(F)(F)F)cc1Cl)c1ccccc1. The molecule has 0 heterocycles. The highest BCUT2D eigenvalue weighted by Crippen LogP contribution is 2.38. The summed E-state index contributed by atoms with van der Waals surface area (Å²) < 4.78 is 38.0. The molecule has 0 fully saturated rings. The number of halogens is 5. The predicted molar refractivity (Wildman–Crippen MR) is 91.6 cm³/mol. The Morgan fingerprint density at radius 2 is 1.58 bits per heavy atom. The fourth-order valence-electron chi connectivity index (χ4n) is 1.77. The average Bonchev–Trinajstić information content (AvgIpc) is 2.50. The van der Waals surface area contributed by atoms with Crippen molar-refractivity contribution in [3.8, 4) is 0 Å². The highest BCUT2D eigenvalue weighted by Gasteiger charge is 2.32. The van der Waals surface area contributed by atoms with Gasteiger partial charge in [-0.2, -0.15) is 13.2 Å². The van der Waals surface area contributed by atoms with Crippen molar-refractivity contribution in [2.24, 2.45) is 0 Å². The number of amides is 1. The first kappa shape index (κ1) is 18.5. The first-order valence-electron chi connectivity index (χ1n) is 6.42. The van der Waals surface area contributed by atoms with Gasteiger partial charge in [0.05, 0.1) is 21.3 Å². The van der Waals surface area contributed by atoms with Gasteiger partial charge in [0.25, 0.3) is 5.91 Å². The number of thiocarbonyl (C=S) groups is 1. The lowest BCUT2D eigenvalue weighted by molar-refractivity contribution is -0.137. The van der Waals surface area contributed by atoms with E-state index in [4.69, 9.17) is 35.4 Å². The number of rotatable bonds is 2. The normalized spacial score (nSPS) is 11.0. The first-order valence-corrected chi connectivity index (χ1v) is 7.58. The summed E-state index contributed by atoms with van der Waals surface area (Å²) in [6.07, 6.45) is -4.58. The minimum Gasteiger partial charge on any atom is -0.330 e. The molecular formula is C15H9Cl2F3N2OS. The lowest BCUT2D eigenvalue weighted by Crippen LogP contribution is -2.34. The minimum absolute atomic E-state index is 0.0234. The molecule has 0 unspecified atom stereocenters. The molecule has 0 saturated carbocycles. The molecule has 2 aromatic carbocycles. The van der Waals surface area contributed by atoms with Gasteiger partial charge in [0.1, 0.15) is 0 Å². The fraction of sp³-hybridized carbons (Fsp3) is 0.0667. The van der Waals surface area contributed by atoms with Crippen molar-refractivity contribution < 1.29 is 18.0 Å². The molecular weight excluding hydrogens is 384 g/mol. The maximum absolute atomic E-state index is 12.7. The van der Waals surface area contributed by atoms with Crippen LogP contribution in [0.5, 0.6) is 0 Å². The second kappa shape index (κ2) is 7.38. The second-order valence-corrected chi connectivity index (χ2v) is 5.81. The van der Waals surface area contributed by atoms with Crippen LogP contribution in [0.15, 0.2) is 42.5 Å². The molecule has 24 heavy (non-hydrogen) atoms. The van der Waals surface area contributed by atoms with Crippen LogP contribution in [0.4, 0.5) is 18.9 Å². The summed E-state index contributed by atoms with van der Waals surface area (Å²) in [5.74, 6) is -0.479. The van der Waals surface area contributed by atoms with Gasteiger partial charge in [0, 0.05) is 5.56 Å². The summed E-state index contributed by atoms with van der Waals surface area (Å²) in [5.41, 5.74) is -0.641. The van der Waals surface area contributed by atoms with Crippen molar-refractivity contribution in [2.75, 3.05) is 5.32 Å². The Balaban J connectivity index is 2.13. The molecule has 3 nitrogen and oxygen atoms in total. The van der Waals surface area contributed by atoms with Crippen molar-refractivity contribution >= 4 is 52.1 Å². The van der Waals surface area contributed by atoms with E-state index in [0.717, 1.165) is 12.1 Å². The van der Waals surface area contributed by atoms with Crippen LogP contribution >= 0.6 is 35.4 Å². The Hall–Kier alpha value is -1.83. The molecule has 126 valence electrons. The lowest BCUT2D eigenvalue weighted by atomic mass is 10.2. The molecule has 2 aromatic rings. The number of carbonyl (C=O) groups excluding carboxylic acids is 1. The van der Waals surface area contributed by atoms with Gasteiger partial charge in [-0.3, -0.25) is 10.1 Å². The Morgan fingerprint density at radius 3 is 2.08 bits per heavy atom. The number of benzene rings is 2. The number of carbonyl (C=O) groups is 1. The first-order chi connectivity index (χ1) is 11.2. The molecule has 2 N–H and O–H groups in total. The van der Waals surface area contributed by atoms with Crippen molar-refractivity contribution in [2.45, 2.75) is 6.18 Å². The van der Waals surface area contributed by atoms with Crippen LogP contribution < -0.4 is 10.6 Å². The Labute approximate surface area is 150 Å². The van der Waals surface area contributed by atoms with Crippen molar-refractivity contribution in [3.05, 3.63) is 63.6 Å². The van der Waals surface area contributed by atoms with E-state index >= 15 is 0 Å². The van der Waals surface area contributed by atoms with Gasteiger partial charge in [-0.1, -0.05) is 41.4 Å². The zero-order chi connectivity index (χ0) is 17.9. The number of alkyl halides is 3. The third-order valence-electron chi connectivity index (χ3n) is 2.87. The summed E-state index contributed by atoms with van der Waals surface area (Å²) in [4.78, 5) is 11.9. The molecule has 0 radical (unpaired) electrons. The monoisotopic (exact) mass is 392 g/mol. The van der Waals surface area contributed by atoms with Gasteiger partial charge < -0.3 is 5.32 Å². The lowest BCUT2D eigenvalue weighted by Gasteiger charge is -2.15. The largest absolute Gasteiger partial charge is 0.416 e. The quantitative estimate of drug-likeness (QED) is 0.695. The van der Waals surface area contributed by atoms with Crippen molar-refractivity contribution in [1.82, 2.24) is 5.32 Å². The number of nitrogens with one attached hydrogen (secondary N) is 2. The third kappa shape index (κ3) is 4.59. The van der Waals surface area contributed by atoms with E-state index < -0.39 is 17.6 Å². The van der Waals surface area contributed by atoms with Gasteiger partial charge in [-0.05, 0) is 36.5 Å².